The molecule has 0 spiro atoms. The molecule has 0 aromatic heterocycles. The Labute approximate surface area is 161 Å². The van der Waals surface area contributed by atoms with Crippen molar-refractivity contribution in [3.63, 3.8) is 0 Å². The van der Waals surface area contributed by atoms with E-state index in [4.69, 9.17) is 4.74 Å². The smallest absolute Gasteiger partial charge is 0.0900 e. The summed E-state index contributed by atoms with van der Waals surface area (Å²) in [5, 5.41) is 10.6. The molecule has 4 fully saturated rings. The van der Waals surface area contributed by atoms with Gasteiger partial charge in [0.2, 0.25) is 0 Å². The largest absolute Gasteiger partial charge is 0.389 e. The molecule has 4 aliphatic rings. The summed E-state index contributed by atoms with van der Waals surface area (Å²) in [7, 11) is 0. The average Bonchev–Trinajstić information content (AvgIpc) is 2.42. The van der Waals surface area contributed by atoms with Crippen LogP contribution in [-0.4, -0.2) is 48.0 Å². The zero-order valence-corrected chi connectivity index (χ0v) is 17.6. The lowest BCUT2D eigenvalue weighted by atomic mass is 9.54. The van der Waals surface area contributed by atoms with Gasteiger partial charge in [-0.1, -0.05) is 27.7 Å². The molecular weight excluding hydrogens is 334 g/mol. The van der Waals surface area contributed by atoms with Crippen molar-refractivity contribution in [2.24, 2.45) is 29.6 Å². The molecule has 3 nitrogen and oxygen atoms in total. The Morgan fingerprint density at radius 1 is 0.880 bits per heavy atom. The molecule has 0 amide bonds. The molecule has 0 aliphatic heterocycles. The van der Waals surface area contributed by atoms with Crippen LogP contribution in [0.1, 0.15) is 66.2 Å². The van der Waals surface area contributed by atoms with Crippen molar-refractivity contribution < 1.29 is 9.84 Å². The Kier molecular flexibility index (Phi) is 7.65. The summed E-state index contributed by atoms with van der Waals surface area (Å²) in [5.41, 5.74) is 0.122. The molecule has 4 aliphatic carbocycles. The van der Waals surface area contributed by atoms with Crippen LogP contribution in [-0.2, 0) is 4.74 Å². The lowest BCUT2D eigenvalue weighted by Crippen LogP contribution is -2.53. The molecule has 4 rings (SSSR count). The van der Waals surface area contributed by atoms with Gasteiger partial charge < -0.3 is 14.7 Å². The summed E-state index contributed by atoms with van der Waals surface area (Å²) in [4.78, 5) is 2.42. The Bertz CT molecular complexity index is 367. The molecule has 1 N–H and O–H groups in total. The van der Waals surface area contributed by atoms with E-state index in [0.29, 0.717) is 18.4 Å². The van der Waals surface area contributed by atoms with E-state index in [1.807, 2.05) is 0 Å². The summed E-state index contributed by atoms with van der Waals surface area (Å²) < 4.78 is 6.44. The van der Waals surface area contributed by atoms with E-state index in [-0.39, 0.29) is 24.1 Å². The first-order valence-electron chi connectivity index (χ1n) is 10.4. The Morgan fingerprint density at radius 2 is 1.32 bits per heavy atom. The van der Waals surface area contributed by atoms with E-state index in [9.17, 15) is 5.11 Å². The Hall–Kier alpha value is 0.170. The maximum absolute atomic E-state index is 10.6. The van der Waals surface area contributed by atoms with Gasteiger partial charge in [0.15, 0.2) is 0 Å². The first kappa shape index (κ1) is 21.5. The first-order chi connectivity index (χ1) is 11.3. The molecule has 148 valence electrons. The highest BCUT2D eigenvalue weighted by molar-refractivity contribution is 5.85. The first-order valence-corrected chi connectivity index (χ1v) is 10.4. The van der Waals surface area contributed by atoms with Gasteiger partial charge >= 0.3 is 0 Å². The van der Waals surface area contributed by atoms with Crippen LogP contribution in [0.15, 0.2) is 0 Å². The lowest BCUT2D eigenvalue weighted by molar-refractivity contribution is -0.176. The van der Waals surface area contributed by atoms with Crippen molar-refractivity contribution in [2.45, 2.75) is 77.9 Å². The predicted octanol–water partition coefficient (Wildman–Crippen LogP) is 4.37. The molecule has 4 bridgehead atoms. The number of aliphatic hydroxyl groups excluding tert-OH is 1. The van der Waals surface area contributed by atoms with Crippen LogP contribution in [0, 0.1) is 29.6 Å². The van der Waals surface area contributed by atoms with Gasteiger partial charge in [-0.2, -0.15) is 0 Å². The third kappa shape index (κ3) is 5.82. The monoisotopic (exact) mass is 373 g/mol. The van der Waals surface area contributed by atoms with E-state index < -0.39 is 0 Å². The minimum absolute atomic E-state index is 0. The third-order valence-electron chi connectivity index (χ3n) is 6.28. The highest BCUT2D eigenvalue weighted by atomic mass is 35.5. The fourth-order valence-corrected chi connectivity index (χ4v) is 6.09. The lowest BCUT2D eigenvalue weighted by Gasteiger charge is -2.56. The van der Waals surface area contributed by atoms with Crippen LogP contribution in [0.25, 0.3) is 0 Å². The molecule has 25 heavy (non-hydrogen) atoms. The van der Waals surface area contributed by atoms with Gasteiger partial charge in [0.1, 0.15) is 0 Å². The minimum Gasteiger partial charge on any atom is -0.389 e. The van der Waals surface area contributed by atoms with E-state index in [0.717, 1.165) is 37.4 Å². The summed E-state index contributed by atoms with van der Waals surface area (Å²) in [5.74, 6) is 4.00. The Balaban J connectivity index is 0.00000225. The predicted molar refractivity (Wildman–Crippen MR) is 106 cm³/mol. The van der Waals surface area contributed by atoms with Gasteiger partial charge in [-0.05, 0) is 68.1 Å². The molecule has 0 saturated heterocycles. The summed E-state index contributed by atoms with van der Waals surface area (Å²) in [6, 6.07) is 0. The van der Waals surface area contributed by atoms with Gasteiger partial charge in [-0.3, -0.25) is 0 Å². The van der Waals surface area contributed by atoms with E-state index in [2.05, 4.69) is 32.6 Å². The molecule has 0 aromatic carbocycles. The zero-order valence-electron chi connectivity index (χ0n) is 16.7. The summed E-state index contributed by atoms with van der Waals surface area (Å²) >= 11 is 0. The van der Waals surface area contributed by atoms with Crippen LogP contribution in [0.5, 0.6) is 0 Å². The maximum Gasteiger partial charge on any atom is 0.0900 e. The topological polar surface area (TPSA) is 32.7 Å². The van der Waals surface area contributed by atoms with Crippen molar-refractivity contribution in [3.8, 4) is 0 Å². The molecule has 0 heterocycles. The van der Waals surface area contributed by atoms with Gasteiger partial charge in [0.05, 0.1) is 18.3 Å². The van der Waals surface area contributed by atoms with Crippen molar-refractivity contribution in [1.29, 1.82) is 0 Å². The SMILES string of the molecule is CC(C)CN(CC(C)C)CC(O)COC12CC3CC(CC(C3)C1)C2.Cl. The van der Waals surface area contributed by atoms with Gasteiger partial charge in [0, 0.05) is 19.6 Å². The number of nitrogens with zero attached hydrogens (tertiary/aromatic N) is 1. The van der Waals surface area contributed by atoms with Gasteiger partial charge in [-0.15, -0.1) is 12.4 Å². The van der Waals surface area contributed by atoms with Crippen molar-refractivity contribution >= 4 is 12.4 Å². The minimum atomic E-state index is -0.351. The van der Waals surface area contributed by atoms with Gasteiger partial charge in [0.25, 0.3) is 0 Å². The average molecular weight is 374 g/mol. The standard InChI is InChI=1S/C21H39NO2.ClH/c1-15(2)11-22(12-16(3)4)13-20(23)14-24-21-8-17-5-18(9-21)7-19(6-17)10-21;/h15-20,23H,5-14H2,1-4H3;1H. The number of halogens is 1. The Morgan fingerprint density at radius 3 is 1.72 bits per heavy atom. The number of rotatable bonds is 9. The third-order valence-corrected chi connectivity index (χ3v) is 6.28. The van der Waals surface area contributed by atoms with Crippen LogP contribution in [0.4, 0.5) is 0 Å². The van der Waals surface area contributed by atoms with E-state index >= 15 is 0 Å². The molecular formula is C21H40ClNO2. The molecule has 0 radical (unpaired) electrons. The molecule has 4 heteroatoms. The van der Waals surface area contributed by atoms with Crippen LogP contribution < -0.4 is 0 Å². The maximum atomic E-state index is 10.6. The van der Waals surface area contributed by atoms with E-state index in [1.165, 1.54) is 38.5 Å². The number of hydrogen-bond acceptors (Lipinski definition) is 3. The second-order valence-corrected chi connectivity index (χ2v) is 10.1. The second kappa shape index (κ2) is 8.91. The fourth-order valence-electron chi connectivity index (χ4n) is 6.09. The zero-order chi connectivity index (χ0) is 17.3. The van der Waals surface area contributed by atoms with E-state index in [1.54, 1.807) is 0 Å². The highest BCUT2D eigenvalue weighted by Gasteiger charge is 2.51. The fraction of sp³-hybridized carbons (Fsp3) is 1.00. The summed E-state index contributed by atoms with van der Waals surface area (Å²) in [6.45, 7) is 12.4. The van der Waals surface area contributed by atoms with Gasteiger partial charge in [-0.25, -0.2) is 0 Å². The van der Waals surface area contributed by atoms with Crippen LogP contribution in [0.2, 0.25) is 0 Å². The normalized spacial score (nSPS) is 34.8. The van der Waals surface area contributed by atoms with Crippen molar-refractivity contribution in [3.05, 3.63) is 0 Å². The quantitative estimate of drug-likeness (QED) is 0.651. The number of aliphatic hydroxyl groups is 1. The van der Waals surface area contributed by atoms with Crippen LogP contribution >= 0.6 is 12.4 Å². The molecule has 1 unspecified atom stereocenters. The number of hydrogen-bond donors (Lipinski definition) is 1. The van der Waals surface area contributed by atoms with Crippen LogP contribution in [0.3, 0.4) is 0 Å². The van der Waals surface area contributed by atoms with Crippen molar-refractivity contribution in [2.75, 3.05) is 26.2 Å². The number of ether oxygens (including phenoxy) is 1. The highest BCUT2D eigenvalue weighted by Crippen LogP contribution is 2.57. The summed E-state index contributed by atoms with van der Waals surface area (Å²) in [6.07, 6.45) is 7.76. The molecule has 4 saturated carbocycles. The molecule has 1 atom stereocenters. The van der Waals surface area contributed by atoms with Crippen molar-refractivity contribution in [1.82, 2.24) is 4.90 Å². The second-order valence-electron chi connectivity index (χ2n) is 10.1. The molecule has 0 aromatic rings.